The first kappa shape index (κ1) is 23.1. The summed E-state index contributed by atoms with van der Waals surface area (Å²) in [6.07, 6.45) is 0.123. The zero-order chi connectivity index (χ0) is 22.9. The van der Waals surface area contributed by atoms with E-state index in [4.69, 9.17) is 4.74 Å². The average molecular weight is 438 g/mol. The highest BCUT2D eigenvalue weighted by molar-refractivity contribution is 5.94. The van der Waals surface area contributed by atoms with Crippen LogP contribution in [0.15, 0.2) is 72.8 Å². The molecular formula is C25H24F2N2O3. The van der Waals surface area contributed by atoms with Gasteiger partial charge in [0.1, 0.15) is 18.2 Å². The highest BCUT2D eigenvalue weighted by Crippen LogP contribution is 2.20. The van der Waals surface area contributed by atoms with Crippen LogP contribution in [-0.2, 0) is 33.8 Å². The maximum absolute atomic E-state index is 13.2. The number of nitrogens with one attached hydrogen (secondary N) is 1. The Labute approximate surface area is 185 Å². The first-order chi connectivity index (χ1) is 15.4. The summed E-state index contributed by atoms with van der Waals surface area (Å²) in [6.45, 7) is 0.425. The molecule has 0 heterocycles. The second-order valence-corrected chi connectivity index (χ2v) is 7.29. The van der Waals surface area contributed by atoms with Crippen molar-refractivity contribution >= 4 is 17.5 Å². The zero-order valence-electron chi connectivity index (χ0n) is 17.7. The van der Waals surface area contributed by atoms with Crippen molar-refractivity contribution in [3.8, 4) is 0 Å². The monoisotopic (exact) mass is 438 g/mol. The van der Waals surface area contributed by atoms with E-state index in [1.165, 1.54) is 36.3 Å². The Hall–Kier alpha value is -3.58. The van der Waals surface area contributed by atoms with Crippen molar-refractivity contribution in [2.24, 2.45) is 0 Å². The maximum atomic E-state index is 13.2. The molecule has 0 aliphatic heterocycles. The summed E-state index contributed by atoms with van der Waals surface area (Å²) in [5.74, 6) is -1.13. The molecule has 0 spiro atoms. The number of benzene rings is 3. The standard InChI is InChI=1S/C25H24F2N2O3/c1-32-17-25(31)29(16-19-7-11-22(27)12-8-19)23-4-2-3-20(13-23)14-24(30)28-15-18-5-9-21(26)10-6-18/h2-13H,14-17H2,1H3,(H,28,30). The van der Waals surface area contributed by atoms with Crippen LogP contribution < -0.4 is 10.2 Å². The fraction of sp³-hybridized carbons (Fsp3) is 0.200. The molecule has 0 unspecified atom stereocenters. The number of carbonyl (C=O) groups is 2. The molecule has 32 heavy (non-hydrogen) atoms. The third-order valence-corrected chi connectivity index (χ3v) is 4.81. The van der Waals surface area contributed by atoms with Crippen LogP contribution in [0, 0.1) is 11.6 Å². The van der Waals surface area contributed by atoms with Gasteiger partial charge in [0.05, 0.1) is 13.0 Å². The molecule has 0 saturated heterocycles. The topological polar surface area (TPSA) is 58.6 Å². The minimum absolute atomic E-state index is 0.108. The Bertz CT molecular complexity index is 1050. The molecule has 3 aromatic carbocycles. The van der Waals surface area contributed by atoms with Crippen LogP contribution in [0.5, 0.6) is 0 Å². The molecule has 7 heteroatoms. The van der Waals surface area contributed by atoms with Crippen LogP contribution in [0.2, 0.25) is 0 Å². The molecule has 0 aliphatic carbocycles. The summed E-state index contributed by atoms with van der Waals surface area (Å²) < 4.78 is 31.2. The summed E-state index contributed by atoms with van der Waals surface area (Å²) in [4.78, 5) is 26.6. The van der Waals surface area contributed by atoms with Gasteiger partial charge in [-0.2, -0.15) is 0 Å². The van der Waals surface area contributed by atoms with Crippen molar-refractivity contribution in [1.29, 1.82) is 0 Å². The highest BCUT2D eigenvalue weighted by atomic mass is 19.1. The van der Waals surface area contributed by atoms with E-state index in [1.54, 1.807) is 48.5 Å². The Morgan fingerprint density at radius 3 is 2.12 bits per heavy atom. The largest absolute Gasteiger partial charge is 0.375 e. The van der Waals surface area contributed by atoms with E-state index in [2.05, 4.69) is 5.32 Å². The predicted molar refractivity (Wildman–Crippen MR) is 118 cm³/mol. The van der Waals surface area contributed by atoms with Crippen molar-refractivity contribution in [2.75, 3.05) is 18.6 Å². The highest BCUT2D eigenvalue weighted by Gasteiger charge is 2.17. The quantitative estimate of drug-likeness (QED) is 0.549. The maximum Gasteiger partial charge on any atom is 0.253 e. The average Bonchev–Trinajstić information content (AvgIpc) is 2.78. The van der Waals surface area contributed by atoms with Gasteiger partial charge in [0.15, 0.2) is 0 Å². The van der Waals surface area contributed by atoms with Crippen molar-refractivity contribution in [3.05, 3.63) is 101 Å². The fourth-order valence-corrected chi connectivity index (χ4v) is 3.18. The predicted octanol–water partition coefficient (Wildman–Crippen LogP) is 4.00. The smallest absolute Gasteiger partial charge is 0.253 e. The molecule has 0 radical (unpaired) electrons. The molecule has 1 N–H and O–H groups in total. The van der Waals surface area contributed by atoms with Crippen molar-refractivity contribution in [3.63, 3.8) is 0 Å². The molecule has 0 saturated carbocycles. The number of nitrogens with zero attached hydrogens (tertiary/aromatic N) is 1. The number of halogens is 2. The second kappa shape index (κ2) is 11.2. The lowest BCUT2D eigenvalue weighted by Crippen LogP contribution is -2.33. The van der Waals surface area contributed by atoms with E-state index in [1.807, 2.05) is 0 Å². The van der Waals surface area contributed by atoms with E-state index in [-0.39, 0.29) is 43.0 Å². The van der Waals surface area contributed by atoms with Gasteiger partial charge in [0, 0.05) is 19.3 Å². The molecule has 0 aromatic heterocycles. The number of rotatable bonds is 9. The molecule has 0 aliphatic rings. The molecule has 3 rings (SSSR count). The van der Waals surface area contributed by atoms with Gasteiger partial charge in [-0.15, -0.1) is 0 Å². The lowest BCUT2D eigenvalue weighted by atomic mass is 10.1. The van der Waals surface area contributed by atoms with E-state index in [0.29, 0.717) is 12.2 Å². The molecule has 5 nitrogen and oxygen atoms in total. The summed E-state index contributed by atoms with van der Waals surface area (Å²) in [5.41, 5.74) is 2.90. The molecule has 0 atom stereocenters. The van der Waals surface area contributed by atoms with Gasteiger partial charge in [0.2, 0.25) is 5.91 Å². The minimum Gasteiger partial charge on any atom is -0.375 e. The Kier molecular flexibility index (Phi) is 8.05. The number of methoxy groups -OCH3 is 1. The van der Waals surface area contributed by atoms with Crippen LogP contribution in [-0.4, -0.2) is 25.5 Å². The molecule has 0 bridgehead atoms. The Morgan fingerprint density at radius 1 is 0.875 bits per heavy atom. The number of anilines is 1. The summed E-state index contributed by atoms with van der Waals surface area (Å²) in [6, 6.07) is 19.0. The van der Waals surface area contributed by atoms with Crippen LogP contribution in [0.25, 0.3) is 0 Å². The van der Waals surface area contributed by atoms with Gasteiger partial charge in [-0.1, -0.05) is 36.4 Å². The van der Waals surface area contributed by atoms with Gasteiger partial charge < -0.3 is 15.0 Å². The van der Waals surface area contributed by atoms with Crippen LogP contribution in [0.4, 0.5) is 14.5 Å². The molecule has 166 valence electrons. The molecule has 2 amide bonds. The van der Waals surface area contributed by atoms with Gasteiger partial charge in [0.25, 0.3) is 5.91 Å². The van der Waals surface area contributed by atoms with Gasteiger partial charge >= 0.3 is 0 Å². The number of hydrogen-bond donors (Lipinski definition) is 1. The van der Waals surface area contributed by atoms with Gasteiger partial charge in [-0.25, -0.2) is 8.78 Å². The first-order valence-corrected chi connectivity index (χ1v) is 10.1. The van der Waals surface area contributed by atoms with E-state index in [9.17, 15) is 18.4 Å². The summed E-state index contributed by atoms with van der Waals surface area (Å²) in [7, 11) is 1.44. The number of hydrogen-bond acceptors (Lipinski definition) is 3. The molecule has 0 fully saturated rings. The summed E-state index contributed by atoms with van der Waals surface area (Å²) >= 11 is 0. The SMILES string of the molecule is COCC(=O)N(Cc1ccc(F)cc1)c1cccc(CC(=O)NCc2ccc(F)cc2)c1. The normalized spacial score (nSPS) is 10.6. The lowest BCUT2D eigenvalue weighted by molar-refractivity contribution is -0.122. The first-order valence-electron chi connectivity index (χ1n) is 10.1. The summed E-state index contributed by atoms with van der Waals surface area (Å²) in [5, 5.41) is 2.81. The minimum atomic E-state index is -0.350. The van der Waals surface area contributed by atoms with E-state index < -0.39 is 0 Å². The van der Waals surface area contributed by atoms with Crippen LogP contribution >= 0.6 is 0 Å². The van der Waals surface area contributed by atoms with Crippen molar-refractivity contribution in [2.45, 2.75) is 19.5 Å². The van der Waals surface area contributed by atoms with E-state index >= 15 is 0 Å². The third kappa shape index (κ3) is 6.72. The van der Waals surface area contributed by atoms with Crippen LogP contribution in [0.1, 0.15) is 16.7 Å². The van der Waals surface area contributed by atoms with Crippen LogP contribution in [0.3, 0.4) is 0 Å². The lowest BCUT2D eigenvalue weighted by Gasteiger charge is -2.23. The molecule has 3 aromatic rings. The van der Waals surface area contributed by atoms with Gasteiger partial charge in [-0.05, 0) is 53.1 Å². The van der Waals surface area contributed by atoms with Gasteiger partial charge in [-0.3, -0.25) is 9.59 Å². The number of ether oxygens (including phenoxy) is 1. The Morgan fingerprint density at radius 2 is 1.50 bits per heavy atom. The number of amides is 2. The van der Waals surface area contributed by atoms with E-state index in [0.717, 1.165) is 16.7 Å². The van der Waals surface area contributed by atoms with Crippen molar-refractivity contribution in [1.82, 2.24) is 5.32 Å². The third-order valence-electron chi connectivity index (χ3n) is 4.81. The van der Waals surface area contributed by atoms with Crippen molar-refractivity contribution < 1.29 is 23.1 Å². The zero-order valence-corrected chi connectivity index (χ0v) is 17.7. The number of carbonyl (C=O) groups excluding carboxylic acids is 2. The second-order valence-electron chi connectivity index (χ2n) is 7.29. The fourth-order valence-electron chi connectivity index (χ4n) is 3.18. The Balaban J connectivity index is 1.70. The molecular weight excluding hydrogens is 414 g/mol.